The zero-order chi connectivity index (χ0) is 19.0. The number of carbonyl (C=O) groups is 1. The zero-order valence-electron chi connectivity index (χ0n) is 14.2. The molecule has 0 radical (unpaired) electrons. The highest BCUT2D eigenvalue weighted by molar-refractivity contribution is 8.03. The Labute approximate surface area is 165 Å². The van der Waals surface area contributed by atoms with E-state index >= 15 is 0 Å². The van der Waals surface area contributed by atoms with Crippen LogP contribution < -0.4 is 4.90 Å². The Morgan fingerprint density at radius 1 is 1.19 bits per heavy atom. The van der Waals surface area contributed by atoms with Crippen LogP contribution in [0.1, 0.15) is 17.9 Å². The Morgan fingerprint density at radius 3 is 2.63 bits per heavy atom. The van der Waals surface area contributed by atoms with E-state index in [1.165, 1.54) is 23.9 Å². The zero-order valence-corrected chi connectivity index (χ0v) is 15.8. The van der Waals surface area contributed by atoms with Crippen LogP contribution in [0.2, 0.25) is 5.02 Å². The molecule has 2 aliphatic rings. The van der Waals surface area contributed by atoms with Crippen molar-refractivity contribution in [3.63, 3.8) is 0 Å². The summed E-state index contributed by atoms with van der Waals surface area (Å²) in [6.07, 6.45) is 0.202. The van der Waals surface area contributed by atoms with Crippen molar-refractivity contribution in [3.05, 3.63) is 75.5 Å². The number of allylic oxidation sites excluding steroid dienone is 1. The van der Waals surface area contributed by atoms with Crippen LogP contribution in [0.4, 0.5) is 10.1 Å². The van der Waals surface area contributed by atoms with Crippen molar-refractivity contribution in [3.8, 4) is 6.07 Å². The molecular weight excluding hydrogens is 385 g/mol. The van der Waals surface area contributed by atoms with Crippen molar-refractivity contribution in [2.45, 2.75) is 12.3 Å². The van der Waals surface area contributed by atoms with Crippen molar-refractivity contribution in [2.24, 2.45) is 0 Å². The normalized spacial score (nSPS) is 19.7. The van der Waals surface area contributed by atoms with Gasteiger partial charge in [0.2, 0.25) is 5.91 Å². The summed E-state index contributed by atoms with van der Waals surface area (Å²) < 4.78 is 13.2. The summed E-state index contributed by atoms with van der Waals surface area (Å²) in [5.74, 6) is -0.0986. The van der Waals surface area contributed by atoms with Gasteiger partial charge in [-0.2, -0.15) is 5.26 Å². The Hall–Kier alpha value is -2.49. The van der Waals surface area contributed by atoms with Gasteiger partial charge in [0.15, 0.2) is 0 Å². The molecule has 1 saturated heterocycles. The van der Waals surface area contributed by atoms with E-state index in [4.69, 9.17) is 11.6 Å². The second kappa shape index (κ2) is 7.26. The summed E-state index contributed by atoms with van der Waals surface area (Å²) in [7, 11) is 0. The molecule has 0 N–H and O–H groups in total. The van der Waals surface area contributed by atoms with Crippen molar-refractivity contribution in [1.82, 2.24) is 4.90 Å². The van der Waals surface area contributed by atoms with Gasteiger partial charge in [-0.15, -0.1) is 0 Å². The van der Waals surface area contributed by atoms with Crippen LogP contribution in [-0.2, 0) is 4.79 Å². The Morgan fingerprint density at radius 2 is 1.93 bits per heavy atom. The van der Waals surface area contributed by atoms with Crippen LogP contribution in [0, 0.1) is 17.1 Å². The van der Waals surface area contributed by atoms with Crippen molar-refractivity contribution in [1.29, 1.82) is 5.26 Å². The van der Waals surface area contributed by atoms with Gasteiger partial charge in [-0.1, -0.05) is 41.6 Å². The molecule has 0 aromatic heterocycles. The minimum absolute atomic E-state index is 0.0479. The van der Waals surface area contributed by atoms with E-state index in [0.717, 1.165) is 11.3 Å². The van der Waals surface area contributed by atoms with Gasteiger partial charge in [0, 0.05) is 23.0 Å². The molecule has 7 heteroatoms. The molecule has 0 saturated carbocycles. The van der Waals surface area contributed by atoms with Gasteiger partial charge in [0.1, 0.15) is 5.82 Å². The molecule has 1 amide bonds. The lowest BCUT2D eigenvalue weighted by Gasteiger charge is -2.42. The molecule has 0 unspecified atom stereocenters. The molecule has 1 atom stereocenters. The molecule has 0 aliphatic carbocycles. The molecule has 27 heavy (non-hydrogen) atoms. The molecule has 4 nitrogen and oxygen atoms in total. The average molecular weight is 400 g/mol. The largest absolute Gasteiger partial charge is 0.344 e. The predicted molar refractivity (Wildman–Crippen MR) is 104 cm³/mol. The summed E-state index contributed by atoms with van der Waals surface area (Å²) in [6.45, 7) is 0.340. The lowest BCUT2D eigenvalue weighted by molar-refractivity contribution is -0.129. The first-order valence-electron chi connectivity index (χ1n) is 8.41. The molecule has 1 fully saturated rings. The third-order valence-electron chi connectivity index (χ3n) is 4.77. The first kappa shape index (κ1) is 17.9. The van der Waals surface area contributed by atoms with Crippen LogP contribution in [0.5, 0.6) is 0 Å². The lowest BCUT2D eigenvalue weighted by atomic mass is 9.86. The summed E-state index contributed by atoms with van der Waals surface area (Å²) in [4.78, 5) is 16.5. The van der Waals surface area contributed by atoms with Crippen molar-refractivity contribution in [2.75, 3.05) is 17.4 Å². The fourth-order valence-electron chi connectivity index (χ4n) is 3.40. The lowest BCUT2D eigenvalue weighted by Crippen LogP contribution is -2.47. The van der Waals surface area contributed by atoms with Crippen LogP contribution in [-0.4, -0.2) is 23.4 Å². The standard InChI is InChI=1S/C20H15ClFN3OS/c21-18-4-2-1-3-15(18)16-9-19(26)25-11-24(12-27-20(25)17(16)10-23)14-7-5-13(22)6-8-14/h1-8,16H,9,11-12H2/t16-/m1/s1. The van der Waals surface area contributed by atoms with Crippen molar-refractivity contribution < 1.29 is 9.18 Å². The number of hydrogen-bond acceptors (Lipinski definition) is 4. The second-order valence-corrected chi connectivity index (χ2v) is 7.70. The number of nitriles is 1. The molecular formula is C20H15ClFN3OS. The number of amides is 1. The number of carbonyl (C=O) groups excluding carboxylic acids is 1. The highest BCUT2D eigenvalue weighted by atomic mass is 35.5. The SMILES string of the molecule is N#CC1=C2SCN(c3ccc(F)cc3)CN2C(=O)C[C@@H]1c1ccccc1Cl. The minimum Gasteiger partial charge on any atom is -0.344 e. The highest BCUT2D eigenvalue weighted by Crippen LogP contribution is 2.44. The highest BCUT2D eigenvalue weighted by Gasteiger charge is 2.38. The maximum Gasteiger partial charge on any atom is 0.229 e. The fourth-order valence-corrected chi connectivity index (χ4v) is 4.84. The Kier molecular flexibility index (Phi) is 4.81. The number of anilines is 1. The van der Waals surface area contributed by atoms with Gasteiger partial charge in [-0.05, 0) is 35.9 Å². The van der Waals surface area contributed by atoms with E-state index in [1.807, 2.05) is 23.1 Å². The van der Waals surface area contributed by atoms with Crippen LogP contribution in [0.15, 0.2) is 59.1 Å². The fraction of sp³-hybridized carbons (Fsp3) is 0.200. The van der Waals surface area contributed by atoms with E-state index < -0.39 is 0 Å². The Bertz CT molecular complexity index is 970. The van der Waals surface area contributed by atoms with Crippen LogP contribution >= 0.6 is 23.4 Å². The quantitative estimate of drug-likeness (QED) is 0.734. The molecule has 2 aliphatic heterocycles. The second-order valence-electron chi connectivity index (χ2n) is 6.36. The number of nitrogens with zero attached hydrogens (tertiary/aromatic N) is 3. The Balaban J connectivity index is 1.68. The van der Waals surface area contributed by atoms with Crippen LogP contribution in [0.25, 0.3) is 0 Å². The number of benzene rings is 2. The first-order chi connectivity index (χ1) is 13.1. The van der Waals surface area contributed by atoms with E-state index in [2.05, 4.69) is 6.07 Å². The predicted octanol–water partition coefficient (Wildman–Crippen LogP) is 4.70. The third kappa shape index (κ3) is 3.29. The van der Waals surface area contributed by atoms with E-state index in [1.54, 1.807) is 23.1 Å². The molecule has 0 bridgehead atoms. The molecule has 0 spiro atoms. The topological polar surface area (TPSA) is 47.3 Å². The monoisotopic (exact) mass is 399 g/mol. The van der Waals surface area contributed by atoms with Gasteiger partial charge >= 0.3 is 0 Å². The maximum absolute atomic E-state index is 13.2. The molecule has 4 rings (SSSR count). The van der Waals surface area contributed by atoms with Crippen molar-refractivity contribution >= 4 is 35.0 Å². The summed E-state index contributed by atoms with van der Waals surface area (Å²) in [6, 6.07) is 15.8. The van der Waals surface area contributed by atoms with Gasteiger partial charge in [0.25, 0.3) is 0 Å². The number of rotatable bonds is 2. The average Bonchev–Trinajstić information content (AvgIpc) is 2.69. The number of thioether (sulfide) groups is 1. The van der Waals surface area contributed by atoms with E-state index in [-0.39, 0.29) is 24.1 Å². The maximum atomic E-state index is 13.2. The third-order valence-corrected chi connectivity index (χ3v) is 6.26. The van der Waals surface area contributed by atoms with E-state index in [9.17, 15) is 14.4 Å². The first-order valence-corrected chi connectivity index (χ1v) is 9.77. The van der Waals surface area contributed by atoms with Gasteiger partial charge < -0.3 is 4.90 Å². The molecule has 2 heterocycles. The van der Waals surface area contributed by atoms with Gasteiger partial charge in [-0.3, -0.25) is 9.69 Å². The number of halogens is 2. The molecule has 136 valence electrons. The number of hydrogen-bond donors (Lipinski definition) is 0. The van der Waals surface area contributed by atoms with Crippen LogP contribution in [0.3, 0.4) is 0 Å². The minimum atomic E-state index is -0.327. The smallest absolute Gasteiger partial charge is 0.229 e. The summed E-state index contributed by atoms with van der Waals surface area (Å²) >= 11 is 7.76. The van der Waals surface area contributed by atoms with Gasteiger partial charge in [-0.25, -0.2) is 4.39 Å². The molecule has 2 aromatic rings. The van der Waals surface area contributed by atoms with E-state index in [0.29, 0.717) is 28.2 Å². The number of fused-ring (bicyclic) bond motifs is 1. The molecule has 2 aromatic carbocycles. The summed E-state index contributed by atoms with van der Waals surface area (Å²) in [5, 5.41) is 11.0. The van der Waals surface area contributed by atoms with Gasteiger partial charge in [0.05, 0.1) is 29.2 Å². The summed E-state index contributed by atoms with van der Waals surface area (Å²) in [5.41, 5.74) is 2.21.